The van der Waals surface area contributed by atoms with Crippen LogP contribution in [-0.2, 0) is 26.4 Å². The fraction of sp³-hybridized carbons (Fsp3) is 0. The van der Waals surface area contributed by atoms with Gasteiger partial charge in [-0.1, -0.05) is 0 Å². The Morgan fingerprint density at radius 3 is 1.25 bits per heavy atom. The van der Waals surface area contributed by atoms with Gasteiger partial charge in [0.05, 0.1) is 0 Å². The summed E-state index contributed by atoms with van der Waals surface area (Å²) in [5.41, 5.74) is 0. The summed E-state index contributed by atoms with van der Waals surface area (Å²) in [5, 5.41) is 0. The summed E-state index contributed by atoms with van der Waals surface area (Å²) in [7, 11) is 3.25. The molecule has 4 heteroatoms. The quantitative estimate of drug-likeness (QED) is 0.363. The first-order valence-electron chi connectivity index (χ1n) is 0.236. The largest absolute Gasteiger partial charge is 0 e. The second-order valence-corrected chi connectivity index (χ2v) is 0. The van der Waals surface area contributed by atoms with Crippen molar-refractivity contribution >= 4 is 18.7 Å². The van der Waals surface area contributed by atoms with Crippen molar-refractivity contribution in [2.24, 2.45) is 0 Å². The molecule has 0 bridgehead atoms. The van der Waals surface area contributed by atoms with Gasteiger partial charge in [-0.3, -0.25) is 0 Å². The standard InChI is InChI=1S/BO.Si.Ti/c1-2;;. The fourth-order valence-electron chi connectivity index (χ4n) is 0. The van der Waals surface area contributed by atoms with Crippen LogP contribution in [0.4, 0.5) is 0 Å². The molecule has 0 saturated carbocycles. The third kappa shape index (κ3) is 14.2. The molecule has 0 aliphatic rings. The zero-order chi connectivity index (χ0) is 2.00. The van der Waals surface area contributed by atoms with Crippen molar-refractivity contribution in [3.8, 4) is 0 Å². The molecule has 0 heterocycles. The minimum Gasteiger partial charge on any atom is 0 e. The van der Waals surface area contributed by atoms with Crippen molar-refractivity contribution in [3.05, 3.63) is 0 Å². The summed E-state index contributed by atoms with van der Waals surface area (Å²) in [6.07, 6.45) is 0. The summed E-state index contributed by atoms with van der Waals surface area (Å²) in [5.74, 6) is 0. The van der Waals surface area contributed by atoms with Crippen LogP contribution >= 0.6 is 0 Å². The first kappa shape index (κ1) is 21.4. The van der Waals surface area contributed by atoms with Crippen molar-refractivity contribution in [2.45, 2.75) is 0 Å². The summed E-state index contributed by atoms with van der Waals surface area (Å²) in [6, 6.07) is 0. The molecule has 0 aromatic heterocycles. The molecule has 0 aromatic rings. The first-order chi connectivity index (χ1) is 1.00. The minimum atomic E-state index is 0. The summed E-state index contributed by atoms with van der Waals surface area (Å²) < 4.78 is 7.75. The van der Waals surface area contributed by atoms with E-state index in [9.17, 15) is 0 Å². The molecule has 0 saturated heterocycles. The van der Waals surface area contributed by atoms with Crippen LogP contribution < -0.4 is 0 Å². The molecule has 0 amide bonds. The number of rotatable bonds is 0. The van der Waals surface area contributed by atoms with Gasteiger partial charge in [-0.15, -0.1) is 0 Å². The van der Waals surface area contributed by atoms with E-state index >= 15 is 0 Å². The Morgan fingerprint density at radius 2 is 1.25 bits per heavy atom. The van der Waals surface area contributed by atoms with E-state index < -0.39 is 0 Å². The molecule has 0 rings (SSSR count). The van der Waals surface area contributed by atoms with E-state index in [1.165, 1.54) is 0 Å². The van der Waals surface area contributed by atoms with Crippen molar-refractivity contribution in [1.29, 1.82) is 0 Å². The van der Waals surface area contributed by atoms with Crippen molar-refractivity contribution in [1.82, 2.24) is 0 Å². The zero-order valence-corrected chi connectivity index (χ0v) is 4.55. The molecule has 0 unspecified atom stereocenters. The van der Waals surface area contributed by atoms with Gasteiger partial charge >= 0.3 is 12.4 Å². The van der Waals surface area contributed by atoms with Crippen LogP contribution in [0.1, 0.15) is 0 Å². The normalized spacial score (nSPS) is 0.750. The maximum Gasteiger partial charge on any atom is 0 e. The van der Waals surface area contributed by atoms with Crippen LogP contribution in [0, 0.1) is 0 Å². The number of hydrogen-bond acceptors (Lipinski definition) is 1. The Morgan fingerprint density at radius 1 is 1.25 bits per heavy atom. The molecule has 0 aromatic carbocycles. The fourth-order valence-corrected chi connectivity index (χ4v) is 0. The molecular formula is BOSiTi. The SMILES string of the molecule is [B]=O.[Si].[Ti]. The average molecular weight is 103 g/mol. The Labute approximate surface area is 45.5 Å². The molecule has 0 atom stereocenters. The van der Waals surface area contributed by atoms with Crippen LogP contribution in [0.2, 0.25) is 0 Å². The Hall–Kier alpha value is 0.796. The maximum absolute atomic E-state index is 7.75. The van der Waals surface area contributed by atoms with Crippen LogP contribution in [0.5, 0.6) is 0 Å². The molecule has 17 valence electrons. The predicted octanol–water partition coefficient (Wildman–Crippen LogP) is -0.883. The van der Waals surface area contributed by atoms with Crippen LogP contribution in [0.3, 0.4) is 0 Å². The topological polar surface area (TPSA) is 17.1 Å². The van der Waals surface area contributed by atoms with Crippen LogP contribution in [0.25, 0.3) is 0 Å². The van der Waals surface area contributed by atoms with Gasteiger partial charge in [-0.05, 0) is 0 Å². The van der Waals surface area contributed by atoms with E-state index in [0.717, 1.165) is 0 Å². The van der Waals surface area contributed by atoms with Gasteiger partial charge in [0.1, 0.15) is 0 Å². The van der Waals surface area contributed by atoms with Gasteiger partial charge in [0.25, 0.3) is 0 Å². The molecule has 4 heavy (non-hydrogen) atoms. The molecular weight excluding hydrogens is 103 g/mol. The zero-order valence-electron chi connectivity index (χ0n) is 1.99. The van der Waals surface area contributed by atoms with Gasteiger partial charge in [-0.2, -0.15) is 0 Å². The molecule has 5 radical (unpaired) electrons. The van der Waals surface area contributed by atoms with Gasteiger partial charge in [0.15, 0.2) is 0 Å². The van der Waals surface area contributed by atoms with Crippen molar-refractivity contribution in [2.75, 3.05) is 0 Å². The van der Waals surface area contributed by atoms with Crippen molar-refractivity contribution < 1.29 is 26.4 Å². The smallest absolute Gasteiger partial charge is 0 e. The van der Waals surface area contributed by atoms with E-state index in [4.69, 9.17) is 4.70 Å². The van der Waals surface area contributed by atoms with E-state index in [1.54, 1.807) is 0 Å². The van der Waals surface area contributed by atoms with Crippen molar-refractivity contribution in [3.63, 3.8) is 0 Å². The Kier molecular flexibility index (Phi) is 251. The predicted molar refractivity (Wildman–Crippen MR) is 12.2 cm³/mol. The third-order valence-corrected chi connectivity index (χ3v) is 0. The molecule has 0 fully saturated rings. The summed E-state index contributed by atoms with van der Waals surface area (Å²) >= 11 is 0. The maximum atomic E-state index is 7.75. The Bertz CT molecular complexity index is 8.00. The molecule has 0 N–H and O–H groups in total. The number of hydrogen-bond donors (Lipinski definition) is 0. The minimum absolute atomic E-state index is 0. The molecule has 0 aliphatic heterocycles. The van der Waals surface area contributed by atoms with Gasteiger partial charge in [-0.25, -0.2) is 0 Å². The Balaban J connectivity index is -0.00000000500. The van der Waals surface area contributed by atoms with E-state index in [-0.39, 0.29) is 32.7 Å². The average Bonchev–Trinajstić information content (AvgIpc) is 1.00. The van der Waals surface area contributed by atoms with Gasteiger partial charge < -0.3 is 0 Å². The second-order valence-electron chi connectivity index (χ2n) is 0. The summed E-state index contributed by atoms with van der Waals surface area (Å²) in [6.45, 7) is 0. The van der Waals surface area contributed by atoms with Crippen LogP contribution in [-0.4, -0.2) is 18.7 Å². The van der Waals surface area contributed by atoms with Gasteiger partial charge in [0, 0.05) is 32.7 Å². The molecule has 1 nitrogen and oxygen atoms in total. The van der Waals surface area contributed by atoms with Gasteiger partial charge in [0.2, 0.25) is 0 Å². The summed E-state index contributed by atoms with van der Waals surface area (Å²) in [4.78, 5) is 0. The third-order valence-electron chi connectivity index (χ3n) is 0. The van der Waals surface area contributed by atoms with E-state index in [1.807, 2.05) is 0 Å². The second kappa shape index (κ2) is 46.8. The monoisotopic (exact) mass is 103 g/mol. The van der Waals surface area contributed by atoms with Crippen LogP contribution in [0.15, 0.2) is 0 Å². The molecule has 0 spiro atoms. The molecule has 0 aliphatic carbocycles. The first-order valence-corrected chi connectivity index (χ1v) is 0.236. The van der Waals surface area contributed by atoms with E-state index in [2.05, 4.69) is 7.72 Å². The van der Waals surface area contributed by atoms with E-state index in [0.29, 0.717) is 0 Å².